The highest BCUT2D eigenvalue weighted by Crippen LogP contribution is 2.31. The molecule has 1 amide bonds. The second-order valence-electron chi connectivity index (χ2n) is 6.78. The van der Waals surface area contributed by atoms with Gasteiger partial charge in [-0.25, -0.2) is 0 Å². The molecule has 1 N–H and O–H groups in total. The molecular formula is C19H21N3O3. The molecule has 6 heteroatoms. The van der Waals surface area contributed by atoms with Gasteiger partial charge in [0.15, 0.2) is 0 Å². The van der Waals surface area contributed by atoms with Crippen molar-refractivity contribution in [3.63, 3.8) is 0 Å². The average molecular weight is 339 g/mol. The third kappa shape index (κ3) is 3.57. The summed E-state index contributed by atoms with van der Waals surface area (Å²) in [5, 5.41) is 11.4. The number of hydrogen-bond donors (Lipinski definition) is 1. The number of hydrogen-bond acceptors (Lipinski definition) is 5. The van der Waals surface area contributed by atoms with E-state index in [2.05, 4.69) is 15.5 Å². The first-order chi connectivity index (χ1) is 12.2. The number of nitrogens with zero attached hydrogens (tertiary/aromatic N) is 2. The highest BCUT2D eigenvalue weighted by molar-refractivity contribution is 5.82. The molecule has 2 aromatic rings. The van der Waals surface area contributed by atoms with Gasteiger partial charge in [0.2, 0.25) is 17.7 Å². The van der Waals surface area contributed by atoms with Crippen LogP contribution in [0.15, 0.2) is 28.7 Å². The van der Waals surface area contributed by atoms with Crippen molar-refractivity contribution in [1.82, 2.24) is 15.5 Å². The molecule has 2 aliphatic rings. The van der Waals surface area contributed by atoms with Gasteiger partial charge in [-0.2, -0.15) is 0 Å². The monoisotopic (exact) mass is 339 g/mol. The summed E-state index contributed by atoms with van der Waals surface area (Å²) in [6, 6.07) is 8.17. The zero-order valence-electron chi connectivity index (χ0n) is 14.2. The second kappa shape index (κ2) is 6.70. The van der Waals surface area contributed by atoms with Crippen LogP contribution in [-0.4, -0.2) is 28.8 Å². The van der Waals surface area contributed by atoms with Gasteiger partial charge < -0.3 is 14.5 Å². The van der Waals surface area contributed by atoms with Gasteiger partial charge in [0.1, 0.15) is 12.4 Å². The zero-order chi connectivity index (χ0) is 17.2. The summed E-state index contributed by atoms with van der Waals surface area (Å²) in [4.78, 5) is 11.2. The van der Waals surface area contributed by atoms with Crippen LogP contribution in [0.5, 0.6) is 5.75 Å². The Kier molecular flexibility index (Phi) is 4.26. The SMILES string of the molecule is CC(=O)N[C@H]1CC[C@@H](Cc2nnc(C3=Cc4ccccc4OC3)o2)C1. The van der Waals surface area contributed by atoms with E-state index in [1.54, 1.807) is 6.92 Å². The Hall–Kier alpha value is -2.63. The molecule has 4 rings (SSSR count). The van der Waals surface area contributed by atoms with Crippen molar-refractivity contribution in [1.29, 1.82) is 0 Å². The molecule has 0 saturated heterocycles. The van der Waals surface area contributed by atoms with Crippen LogP contribution in [0.1, 0.15) is 43.5 Å². The third-order valence-electron chi connectivity index (χ3n) is 4.79. The molecular weight excluding hydrogens is 318 g/mol. The van der Waals surface area contributed by atoms with Crippen molar-refractivity contribution in [2.45, 2.75) is 38.6 Å². The summed E-state index contributed by atoms with van der Waals surface area (Å²) in [5.41, 5.74) is 1.93. The van der Waals surface area contributed by atoms with Crippen LogP contribution in [0.2, 0.25) is 0 Å². The summed E-state index contributed by atoms with van der Waals surface area (Å²) in [5.74, 6) is 2.57. The number of ether oxygens (including phenoxy) is 1. The maximum atomic E-state index is 11.2. The van der Waals surface area contributed by atoms with Gasteiger partial charge in [-0.05, 0) is 37.3 Å². The van der Waals surface area contributed by atoms with Gasteiger partial charge in [0.05, 0.1) is 5.57 Å². The fourth-order valence-electron chi connectivity index (χ4n) is 3.63. The molecule has 2 heterocycles. The molecule has 1 saturated carbocycles. The molecule has 2 atom stereocenters. The number of amides is 1. The molecule has 0 spiro atoms. The second-order valence-corrected chi connectivity index (χ2v) is 6.78. The van der Waals surface area contributed by atoms with Crippen LogP contribution in [0.4, 0.5) is 0 Å². The lowest BCUT2D eigenvalue weighted by molar-refractivity contribution is -0.119. The number of benzene rings is 1. The number of carbonyl (C=O) groups is 1. The van der Waals surface area contributed by atoms with E-state index in [1.165, 1.54) is 0 Å². The van der Waals surface area contributed by atoms with Gasteiger partial charge in [0.25, 0.3) is 0 Å². The van der Waals surface area contributed by atoms with Crippen molar-refractivity contribution in [3.05, 3.63) is 41.6 Å². The van der Waals surface area contributed by atoms with E-state index in [1.807, 2.05) is 30.3 Å². The van der Waals surface area contributed by atoms with Gasteiger partial charge in [-0.1, -0.05) is 18.2 Å². The average Bonchev–Trinajstić information content (AvgIpc) is 3.24. The number of para-hydroxylation sites is 1. The van der Waals surface area contributed by atoms with Crippen LogP contribution in [0.3, 0.4) is 0 Å². The molecule has 0 bridgehead atoms. The Morgan fingerprint density at radius 2 is 2.16 bits per heavy atom. The van der Waals surface area contributed by atoms with E-state index in [4.69, 9.17) is 9.15 Å². The maximum Gasteiger partial charge on any atom is 0.247 e. The van der Waals surface area contributed by atoms with Gasteiger partial charge in [-0.3, -0.25) is 4.79 Å². The minimum Gasteiger partial charge on any atom is -0.488 e. The van der Waals surface area contributed by atoms with Gasteiger partial charge in [-0.15, -0.1) is 10.2 Å². The first kappa shape index (κ1) is 15.9. The summed E-state index contributed by atoms with van der Waals surface area (Å²) >= 11 is 0. The minimum absolute atomic E-state index is 0.0373. The smallest absolute Gasteiger partial charge is 0.247 e. The Morgan fingerprint density at radius 1 is 1.28 bits per heavy atom. The van der Waals surface area contributed by atoms with Crippen molar-refractivity contribution >= 4 is 17.6 Å². The van der Waals surface area contributed by atoms with Crippen LogP contribution in [0.25, 0.3) is 11.6 Å². The molecule has 1 aliphatic carbocycles. The Balaban J connectivity index is 1.42. The van der Waals surface area contributed by atoms with Gasteiger partial charge in [0, 0.05) is 24.9 Å². The van der Waals surface area contributed by atoms with E-state index in [9.17, 15) is 4.79 Å². The lowest BCUT2D eigenvalue weighted by Gasteiger charge is -2.15. The first-order valence-corrected chi connectivity index (χ1v) is 8.69. The number of carbonyl (C=O) groups excluding carboxylic acids is 1. The van der Waals surface area contributed by atoms with Crippen molar-refractivity contribution < 1.29 is 13.9 Å². The molecule has 0 radical (unpaired) electrons. The fraction of sp³-hybridized carbons (Fsp3) is 0.421. The van der Waals surface area contributed by atoms with Crippen molar-refractivity contribution in [3.8, 4) is 5.75 Å². The Labute approximate surface area is 146 Å². The van der Waals surface area contributed by atoms with Crippen molar-refractivity contribution in [2.75, 3.05) is 6.61 Å². The minimum atomic E-state index is 0.0373. The largest absolute Gasteiger partial charge is 0.488 e. The lowest BCUT2D eigenvalue weighted by atomic mass is 10.0. The van der Waals surface area contributed by atoms with Crippen LogP contribution in [0, 0.1) is 5.92 Å². The summed E-state index contributed by atoms with van der Waals surface area (Å²) < 4.78 is 11.6. The molecule has 25 heavy (non-hydrogen) atoms. The first-order valence-electron chi connectivity index (χ1n) is 8.69. The standard InChI is InChI=1S/C19H21N3O3/c1-12(23)20-16-7-6-13(8-16)9-18-21-22-19(25-18)15-10-14-4-2-3-5-17(14)24-11-15/h2-5,10,13,16H,6-9,11H2,1H3,(H,20,23)/t13-,16+/m1/s1. The van der Waals surface area contributed by atoms with E-state index < -0.39 is 0 Å². The molecule has 1 aromatic heterocycles. The summed E-state index contributed by atoms with van der Waals surface area (Å²) in [6.45, 7) is 2.00. The molecule has 1 fully saturated rings. The third-order valence-corrected chi connectivity index (χ3v) is 4.79. The Bertz CT molecular complexity index is 812. The van der Waals surface area contributed by atoms with Crippen LogP contribution < -0.4 is 10.1 Å². The quantitative estimate of drug-likeness (QED) is 0.927. The number of aromatic nitrogens is 2. The maximum absolute atomic E-state index is 11.2. The molecule has 1 aliphatic heterocycles. The highest BCUT2D eigenvalue weighted by Gasteiger charge is 2.27. The number of fused-ring (bicyclic) bond motifs is 1. The summed E-state index contributed by atoms with van der Waals surface area (Å²) in [6.07, 6.45) is 5.85. The summed E-state index contributed by atoms with van der Waals surface area (Å²) in [7, 11) is 0. The predicted molar refractivity (Wildman–Crippen MR) is 92.8 cm³/mol. The number of rotatable bonds is 4. The zero-order valence-corrected chi connectivity index (χ0v) is 14.2. The predicted octanol–water partition coefficient (Wildman–Crippen LogP) is 2.85. The normalized spacial score (nSPS) is 22.0. The van der Waals surface area contributed by atoms with E-state index >= 15 is 0 Å². The van der Waals surface area contributed by atoms with E-state index in [0.29, 0.717) is 24.3 Å². The van der Waals surface area contributed by atoms with Gasteiger partial charge >= 0.3 is 0 Å². The fourth-order valence-corrected chi connectivity index (χ4v) is 3.63. The lowest BCUT2D eigenvalue weighted by Crippen LogP contribution is -2.30. The molecule has 0 unspecified atom stereocenters. The molecule has 1 aromatic carbocycles. The van der Waals surface area contributed by atoms with Crippen LogP contribution >= 0.6 is 0 Å². The van der Waals surface area contributed by atoms with E-state index in [-0.39, 0.29) is 11.9 Å². The number of nitrogens with one attached hydrogen (secondary N) is 1. The molecule has 6 nitrogen and oxygen atoms in total. The topological polar surface area (TPSA) is 77.2 Å². The van der Waals surface area contributed by atoms with E-state index in [0.717, 1.165) is 42.6 Å². The van der Waals surface area contributed by atoms with Crippen molar-refractivity contribution in [2.24, 2.45) is 5.92 Å². The highest BCUT2D eigenvalue weighted by atomic mass is 16.5. The molecule has 130 valence electrons. The Morgan fingerprint density at radius 3 is 3.04 bits per heavy atom. The van der Waals surface area contributed by atoms with Crippen LogP contribution in [-0.2, 0) is 11.2 Å².